The van der Waals surface area contributed by atoms with E-state index in [0.717, 1.165) is 11.3 Å². The number of ether oxygens (including phenoxy) is 1. The highest BCUT2D eigenvalue weighted by atomic mass is 16.5. The van der Waals surface area contributed by atoms with E-state index >= 15 is 0 Å². The number of benzene rings is 1. The minimum Gasteiger partial charge on any atom is -0.495 e. The molecule has 1 amide bonds. The molecule has 150 valence electrons. The van der Waals surface area contributed by atoms with E-state index in [2.05, 4.69) is 25.7 Å². The number of rotatable bonds is 7. The smallest absolute Gasteiger partial charge is 0.255 e. The molecule has 3 aromatic heterocycles. The molecular formula is C22H20N6O2. The van der Waals surface area contributed by atoms with Crippen LogP contribution in [-0.2, 0) is 6.54 Å². The molecule has 0 aliphatic heterocycles. The van der Waals surface area contributed by atoms with Crippen molar-refractivity contribution in [3.05, 3.63) is 90.5 Å². The van der Waals surface area contributed by atoms with Gasteiger partial charge in [0, 0.05) is 36.9 Å². The second-order valence-corrected chi connectivity index (χ2v) is 6.34. The van der Waals surface area contributed by atoms with Crippen molar-refractivity contribution in [2.45, 2.75) is 6.54 Å². The van der Waals surface area contributed by atoms with E-state index in [-0.39, 0.29) is 5.91 Å². The van der Waals surface area contributed by atoms with Crippen molar-refractivity contribution in [3.63, 3.8) is 0 Å². The quantitative estimate of drug-likeness (QED) is 0.494. The van der Waals surface area contributed by atoms with Crippen LogP contribution in [0.3, 0.4) is 0 Å². The van der Waals surface area contributed by atoms with Crippen molar-refractivity contribution in [2.24, 2.45) is 0 Å². The predicted octanol–water partition coefficient (Wildman–Crippen LogP) is 3.34. The molecule has 0 spiro atoms. The van der Waals surface area contributed by atoms with Crippen molar-refractivity contribution in [1.82, 2.24) is 25.1 Å². The molecule has 0 aliphatic carbocycles. The third-order valence-electron chi connectivity index (χ3n) is 4.44. The summed E-state index contributed by atoms with van der Waals surface area (Å²) in [6.45, 7) is 0.296. The summed E-state index contributed by atoms with van der Waals surface area (Å²) in [5.41, 5.74) is 1.99. The fourth-order valence-corrected chi connectivity index (χ4v) is 3.00. The van der Waals surface area contributed by atoms with E-state index in [1.54, 1.807) is 42.5 Å². The lowest BCUT2D eigenvalue weighted by molar-refractivity contribution is 0.0951. The van der Waals surface area contributed by atoms with E-state index in [1.165, 1.54) is 0 Å². The van der Waals surface area contributed by atoms with Gasteiger partial charge in [-0.05, 0) is 36.4 Å². The molecule has 3 heterocycles. The predicted molar refractivity (Wildman–Crippen MR) is 113 cm³/mol. The number of para-hydroxylation sites is 2. The zero-order chi connectivity index (χ0) is 20.8. The molecule has 1 aromatic carbocycles. The number of nitrogens with zero attached hydrogens (tertiary/aromatic N) is 4. The zero-order valence-electron chi connectivity index (χ0n) is 16.3. The van der Waals surface area contributed by atoms with Crippen molar-refractivity contribution in [3.8, 4) is 11.6 Å². The van der Waals surface area contributed by atoms with E-state index in [0.29, 0.717) is 29.5 Å². The average molecular weight is 400 g/mol. The van der Waals surface area contributed by atoms with Crippen molar-refractivity contribution in [2.75, 3.05) is 12.4 Å². The monoisotopic (exact) mass is 400 g/mol. The number of hydrogen-bond donors (Lipinski definition) is 2. The third-order valence-corrected chi connectivity index (χ3v) is 4.44. The van der Waals surface area contributed by atoms with Gasteiger partial charge in [-0.15, -0.1) is 0 Å². The van der Waals surface area contributed by atoms with E-state index in [4.69, 9.17) is 4.74 Å². The Morgan fingerprint density at radius 1 is 1.00 bits per heavy atom. The summed E-state index contributed by atoms with van der Waals surface area (Å²) >= 11 is 0. The summed E-state index contributed by atoms with van der Waals surface area (Å²) in [6, 6.07) is 16.5. The van der Waals surface area contributed by atoms with Gasteiger partial charge in [-0.25, -0.2) is 14.6 Å². The molecular weight excluding hydrogens is 380 g/mol. The first-order valence-corrected chi connectivity index (χ1v) is 9.33. The van der Waals surface area contributed by atoms with Gasteiger partial charge in [0.25, 0.3) is 5.91 Å². The number of hydrogen-bond acceptors (Lipinski definition) is 6. The normalized spacial score (nSPS) is 10.4. The van der Waals surface area contributed by atoms with Crippen LogP contribution in [0.15, 0.2) is 79.4 Å². The fourth-order valence-electron chi connectivity index (χ4n) is 3.00. The lowest BCUT2D eigenvalue weighted by atomic mass is 10.2. The lowest BCUT2D eigenvalue weighted by Crippen LogP contribution is -2.25. The summed E-state index contributed by atoms with van der Waals surface area (Å²) in [7, 11) is 1.59. The van der Waals surface area contributed by atoms with E-state index in [1.807, 2.05) is 48.7 Å². The molecule has 0 saturated heterocycles. The molecule has 0 atom stereocenters. The average Bonchev–Trinajstić information content (AvgIpc) is 3.33. The van der Waals surface area contributed by atoms with Crippen LogP contribution in [0.5, 0.6) is 5.75 Å². The second kappa shape index (κ2) is 8.87. The van der Waals surface area contributed by atoms with Gasteiger partial charge in [-0.1, -0.05) is 18.2 Å². The summed E-state index contributed by atoms with van der Waals surface area (Å²) in [5, 5.41) is 10.3. The number of carbonyl (C=O) groups excluding carboxylic acids is 1. The number of amides is 1. The van der Waals surface area contributed by atoms with Crippen LogP contribution in [-0.4, -0.2) is 32.8 Å². The molecule has 8 nitrogen and oxygen atoms in total. The van der Waals surface area contributed by atoms with Crippen LogP contribution in [0, 0.1) is 0 Å². The molecule has 4 rings (SSSR count). The molecule has 2 N–H and O–H groups in total. The summed E-state index contributed by atoms with van der Waals surface area (Å²) < 4.78 is 7.03. The molecule has 30 heavy (non-hydrogen) atoms. The lowest BCUT2D eigenvalue weighted by Gasteiger charge is -2.14. The van der Waals surface area contributed by atoms with E-state index in [9.17, 15) is 4.79 Å². The van der Waals surface area contributed by atoms with Crippen molar-refractivity contribution in [1.29, 1.82) is 0 Å². The highest BCUT2D eigenvalue weighted by molar-refractivity contribution is 5.99. The number of methoxy groups -OCH3 is 1. The number of carbonyl (C=O) groups is 1. The number of nitrogens with one attached hydrogen (secondary N) is 2. The number of anilines is 2. The van der Waals surface area contributed by atoms with Crippen molar-refractivity contribution >= 4 is 17.4 Å². The third kappa shape index (κ3) is 4.12. The van der Waals surface area contributed by atoms with Crippen LogP contribution in [0.1, 0.15) is 15.9 Å². The molecule has 0 saturated carbocycles. The van der Waals surface area contributed by atoms with Gasteiger partial charge in [0.1, 0.15) is 11.6 Å². The standard InChI is InChI=1S/C22H20N6O2/c1-30-19-10-3-2-9-18(19)27-20-17(8-5-11-23-20)22(29)25-15-16-7-4-12-24-21(16)28-14-6-13-26-28/h2-14H,15H2,1H3,(H,23,27)(H,25,29). The molecule has 0 aliphatic rings. The van der Waals surface area contributed by atoms with Gasteiger partial charge in [-0.2, -0.15) is 5.10 Å². The maximum Gasteiger partial charge on any atom is 0.255 e. The summed E-state index contributed by atoms with van der Waals surface area (Å²) in [4.78, 5) is 21.6. The SMILES string of the molecule is COc1ccccc1Nc1ncccc1C(=O)NCc1cccnc1-n1cccn1. The largest absolute Gasteiger partial charge is 0.495 e. The molecule has 0 radical (unpaired) electrons. The first-order chi connectivity index (χ1) is 14.8. The Morgan fingerprint density at radius 2 is 1.83 bits per heavy atom. The van der Waals surface area contributed by atoms with Gasteiger partial charge in [-0.3, -0.25) is 4.79 Å². The van der Waals surface area contributed by atoms with Gasteiger partial charge >= 0.3 is 0 Å². The molecule has 0 fully saturated rings. The molecule has 8 heteroatoms. The summed E-state index contributed by atoms with van der Waals surface area (Å²) in [6.07, 6.45) is 6.82. The Balaban J connectivity index is 1.53. The molecule has 4 aromatic rings. The van der Waals surface area contributed by atoms with Crippen LogP contribution in [0.4, 0.5) is 11.5 Å². The second-order valence-electron chi connectivity index (χ2n) is 6.34. The maximum atomic E-state index is 12.9. The molecule has 0 unspecified atom stereocenters. The van der Waals surface area contributed by atoms with Crippen LogP contribution in [0.2, 0.25) is 0 Å². The van der Waals surface area contributed by atoms with Crippen LogP contribution in [0.25, 0.3) is 5.82 Å². The first kappa shape index (κ1) is 19.1. The van der Waals surface area contributed by atoms with Gasteiger partial charge in [0.05, 0.1) is 18.4 Å². The van der Waals surface area contributed by atoms with Crippen molar-refractivity contribution < 1.29 is 9.53 Å². The van der Waals surface area contributed by atoms with Gasteiger partial charge in [0.2, 0.25) is 0 Å². The Labute approximate surface area is 173 Å². The van der Waals surface area contributed by atoms with Crippen LogP contribution >= 0.6 is 0 Å². The highest BCUT2D eigenvalue weighted by Crippen LogP contribution is 2.27. The summed E-state index contributed by atoms with van der Waals surface area (Å²) in [5.74, 6) is 1.52. The Morgan fingerprint density at radius 3 is 2.67 bits per heavy atom. The Kier molecular flexibility index (Phi) is 5.66. The zero-order valence-corrected chi connectivity index (χ0v) is 16.3. The van der Waals surface area contributed by atoms with E-state index < -0.39 is 0 Å². The maximum absolute atomic E-state index is 12.9. The number of pyridine rings is 2. The fraction of sp³-hybridized carbons (Fsp3) is 0.0909. The highest BCUT2D eigenvalue weighted by Gasteiger charge is 2.15. The Hall–Kier alpha value is -4.20. The molecule has 0 bridgehead atoms. The topological polar surface area (TPSA) is 94.0 Å². The minimum absolute atomic E-state index is 0.254. The van der Waals surface area contributed by atoms with Gasteiger partial charge < -0.3 is 15.4 Å². The first-order valence-electron chi connectivity index (χ1n) is 9.33. The minimum atomic E-state index is -0.254. The number of aromatic nitrogens is 4. The Bertz CT molecular complexity index is 1140. The van der Waals surface area contributed by atoms with Crippen LogP contribution < -0.4 is 15.4 Å². The van der Waals surface area contributed by atoms with Gasteiger partial charge in [0.15, 0.2) is 5.82 Å².